The lowest BCUT2D eigenvalue weighted by atomic mass is 9.86. The first-order valence-electron chi connectivity index (χ1n) is 10.2. The highest BCUT2D eigenvalue weighted by atomic mass is 16.4. The number of carbonyl (C=O) groups is 1. The van der Waals surface area contributed by atoms with Crippen molar-refractivity contribution in [3.8, 4) is 22.6 Å². The third kappa shape index (κ3) is 3.59. The molecule has 0 spiro atoms. The summed E-state index contributed by atoms with van der Waals surface area (Å²) in [4.78, 5) is 19.0. The first-order chi connectivity index (χ1) is 15.4. The van der Waals surface area contributed by atoms with Crippen molar-refractivity contribution in [2.75, 3.05) is 5.73 Å². The van der Waals surface area contributed by atoms with E-state index in [1.54, 1.807) is 31.2 Å². The maximum absolute atomic E-state index is 10.9. The van der Waals surface area contributed by atoms with E-state index in [0.717, 1.165) is 29.5 Å². The Morgan fingerprint density at radius 1 is 1.19 bits per heavy atom. The molecule has 10 heteroatoms. The first kappa shape index (κ1) is 19.9. The number of nitrogens with zero attached hydrogens (tertiary/aromatic N) is 6. The van der Waals surface area contributed by atoms with Crippen LogP contribution in [0.4, 0.5) is 5.95 Å². The molecule has 0 amide bonds. The molecular weight excluding hydrogens is 410 g/mol. The quantitative estimate of drug-likeness (QED) is 0.424. The second-order valence-corrected chi connectivity index (χ2v) is 8.12. The Morgan fingerprint density at radius 2 is 1.91 bits per heavy atom. The van der Waals surface area contributed by atoms with Crippen molar-refractivity contribution in [2.24, 2.45) is 5.92 Å². The maximum Gasteiger partial charge on any atom is 0.362 e. The summed E-state index contributed by atoms with van der Waals surface area (Å²) in [6.07, 6.45) is 10.4. The van der Waals surface area contributed by atoms with Crippen LogP contribution in [0.1, 0.15) is 25.3 Å². The van der Waals surface area contributed by atoms with Gasteiger partial charge in [-0.3, -0.25) is 9.48 Å². The molecule has 1 aromatic carbocycles. The van der Waals surface area contributed by atoms with Crippen LogP contribution in [0.15, 0.2) is 59.9 Å². The molecule has 10 nitrogen and oxygen atoms in total. The fourth-order valence-electron chi connectivity index (χ4n) is 3.97. The van der Waals surface area contributed by atoms with E-state index in [4.69, 9.17) is 15.3 Å². The predicted octanol–water partition coefficient (Wildman–Crippen LogP) is 2.12. The van der Waals surface area contributed by atoms with Crippen molar-refractivity contribution in [3.63, 3.8) is 0 Å². The average Bonchev–Trinajstić information content (AvgIpc) is 3.35. The third-order valence-electron chi connectivity index (χ3n) is 5.96. The Hall–Kier alpha value is -4.08. The molecule has 0 radical (unpaired) electrons. The number of nitrogens with two attached hydrogens (primary N) is 1. The number of benzene rings is 1. The van der Waals surface area contributed by atoms with Gasteiger partial charge in [-0.25, -0.2) is 9.97 Å². The Labute approximate surface area is 183 Å². The first-order valence-corrected chi connectivity index (χ1v) is 10.2. The third-order valence-corrected chi connectivity index (χ3v) is 5.96. The van der Waals surface area contributed by atoms with Crippen LogP contribution in [0.25, 0.3) is 22.6 Å². The van der Waals surface area contributed by atoms with Crippen LogP contribution in [-0.4, -0.2) is 35.9 Å². The van der Waals surface area contributed by atoms with Gasteiger partial charge in [-0.05, 0) is 23.1 Å². The Balaban J connectivity index is 1.45. The number of aromatic nitrogens is 6. The molecule has 5 rings (SSSR count). The van der Waals surface area contributed by atoms with E-state index >= 15 is 0 Å². The normalized spacial score (nSPS) is 15.4. The molecule has 162 valence electrons. The lowest BCUT2D eigenvalue weighted by Crippen LogP contribution is -2.57. The summed E-state index contributed by atoms with van der Waals surface area (Å²) in [5.41, 5.74) is 8.85. The van der Waals surface area contributed by atoms with Gasteiger partial charge in [0.25, 0.3) is 5.89 Å². The van der Waals surface area contributed by atoms with Crippen LogP contribution >= 0.6 is 0 Å². The smallest absolute Gasteiger partial charge is 0.362 e. The minimum atomic E-state index is -0.961. The summed E-state index contributed by atoms with van der Waals surface area (Å²) >= 11 is 0. The zero-order valence-corrected chi connectivity index (χ0v) is 17.4. The fourth-order valence-corrected chi connectivity index (χ4v) is 3.97. The van der Waals surface area contributed by atoms with E-state index < -0.39 is 5.97 Å². The van der Waals surface area contributed by atoms with Crippen molar-refractivity contribution in [3.05, 3.63) is 61.0 Å². The van der Waals surface area contributed by atoms with Crippen LogP contribution in [0.3, 0.4) is 0 Å². The highest BCUT2D eigenvalue weighted by Crippen LogP contribution is 2.45. The Bertz CT molecular complexity index is 1260. The van der Waals surface area contributed by atoms with Gasteiger partial charge in [-0.15, -0.1) is 0 Å². The summed E-state index contributed by atoms with van der Waals surface area (Å²) in [7, 11) is 0. The number of aliphatic carboxylic acids is 1. The lowest BCUT2D eigenvalue weighted by molar-refractivity contribution is -0.806. The van der Waals surface area contributed by atoms with Crippen LogP contribution in [0.2, 0.25) is 0 Å². The van der Waals surface area contributed by atoms with Crippen molar-refractivity contribution >= 4 is 11.9 Å². The molecule has 1 saturated carbocycles. The summed E-state index contributed by atoms with van der Waals surface area (Å²) in [6, 6.07) is 8.27. The van der Waals surface area contributed by atoms with Gasteiger partial charge in [-0.2, -0.15) is 5.10 Å². The Morgan fingerprint density at radius 3 is 2.56 bits per heavy atom. The van der Waals surface area contributed by atoms with Gasteiger partial charge in [0.05, 0.1) is 11.8 Å². The fraction of sp³-hybridized carbons (Fsp3) is 0.273. The van der Waals surface area contributed by atoms with Crippen LogP contribution < -0.4 is 10.4 Å². The van der Waals surface area contributed by atoms with Gasteiger partial charge in [0.15, 0.2) is 0 Å². The second-order valence-electron chi connectivity index (χ2n) is 8.12. The minimum absolute atomic E-state index is 0.216. The van der Waals surface area contributed by atoms with Gasteiger partial charge in [0, 0.05) is 47.7 Å². The molecule has 3 aromatic heterocycles. The zero-order chi connectivity index (χ0) is 22.3. The molecule has 32 heavy (non-hydrogen) atoms. The average molecular weight is 432 g/mol. The summed E-state index contributed by atoms with van der Waals surface area (Å²) in [5, 5.41) is 17.7. The predicted molar refractivity (Wildman–Crippen MR) is 113 cm³/mol. The van der Waals surface area contributed by atoms with Crippen LogP contribution in [0.5, 0.6) is 0 Å². The van der Waals surface area contributed by atoms with Crippen molar-refractivity contribution in [2.45, 2.75) is 31.8 Å². The molecule has 1 fully saturated rings. The molecule has 0 saturated heterocycles. The van der Waals surface area contributed by atoms with E-state index in [1.165, 1.54) is 4.68 Å². The van der Waals surface area contributed by atoms with Crippen molar-refractivity contribution in [1.82, 2.24) is 24.8 Å². The standard InChI is InChI=1S/C22H21N7O3/c1-22(18-6-7-18,17-4-2-14(3-5-17)15-8-24-21(23)25-9-15)29-13-32-20(27-29)16-10-26-28(11-16)12-19(30)31/h2-5,8-11,13,18H,6-7,12H2,1H3,(H2-,23,24,25,30,31)/p+1/t22-/m0/s1. The monoisotopic (exact) mass is 432 g/mol. The van der Waals surface area contributed by atoms with Gasteiger partial charge < -0.3 is 15.3 Å². The van der Waals surface area contributed by atoms with E-state index in [1.807, 2.05) is 16.8 Å². The molecule has 3 heterocycles. The molecule has 1 aliphatic carbocycles. The summed E-state index contributed by atoms with van der Waals surface area (Å²) < 4.78 is 8.94. The molecule has 0 unspecified atom stereocenters. The number of carboxylic acids is 1. The maximum atomic E-state index is 10.9. The number of carboxylic acid groups (broad SMARTS) is 1. The number of nitrogen functional groups attached to an aromatic ring is 1. The SMILES string of the molecule is C[C@](c1ccc(-c2cnc(N)nc2)cc1)(C1CC1)[n+]1coc(-c2cnn(CC(=O)O)c2)n1. The summed E-state index contributed by atoms with van der Waals surface area (Å²) in [5.74, 6) is 0.117. The molecule has 0 aliphatic heterocycles. The van der Waals surface area contributed by atoms with E-state index in [9.17, 15) is 4.79 Å². The van der Waals surface area contributed by atoms with Gasteiger partial charge in [0.1, 0.15) is 6.54 Å². The minimum Gasteiger partial charge on any atom is -0.480 e. The molecular formula is C22H22N7O3+. The summed E-state index contributed by atoms with van der Waals surface area (Å²) in [6.45, 7) is 1.94. The van der Waals surface area contributed by atoms with Gasteiger partial charge >= 0.3 is 12.4 Å². The number of anilines is 1. The lowest BCUT2D eigenvalue weighted by Gasteiger charge is -2.21. The number of rotatable bonds is 7. The van der Waals surface area contributed by atoms with E-state index in [2.05, 4.69) is 39.2 Å². The molecule has 1 atom stereocenters. The highest BCUT2D eigenvalue weighted by Gasteiger charge is 2.53. The molecule has 0 bridgehead atoms. The van der Waals surface area contributed by atoms with E-state index in [-0.39, 0.29) is 18.0 Å². The number of hydrogen-bond donors (Lipinski definition) is 2. The highest BCUT2D eigenvalue weighted by molar-refractivity contribution is 5.66. The largest absolute Gasteiger partial charge is 0.480 e. The van der Waals surface area contributed by atoms with Crippen molar-refractivity contribution < 1.29 is 19.0 Å². The van der Waals surface area contributed by atoms with Crippen LogP contribution in [-0.2, 0) is 16.9 Å². The number of hydrogen-bond acceptors (Lipinski definition) is 7. The Kier molecular flexibility index (Phi) is 4.69. The second kappa shape index (κ2) is 7.56. The molecule has 3 N–H and O–H groups in total. The van der Waals surface area contributed by atoms with Crippen molar-refractivity contribution in [1.29, 1.82) is 0 Å². The van der Waals surface area contributed by atoms with Gasteiger partial charge in [-0.1, -0.05) is 24.3 Å². The van der Waals surface area contributed by atoms with Gasteiger partial charge in [0.2, 0.25) is 11.5 Å². The van der Waals surface area contributed by atoms with E-state index in [0.29, 0.717) is 17.4 Å². The molecule has 1 aliphatic rings. The topological polar surface area (TPSA) is 137 Å². The molecule has 4 aromatic rings. The van der Waals surface area contributed by atoms with Crippen LogP contribution in [0, 0.1) is 5.92 Å². The zero-order valence-electron chi connectivity index (χ0n) is 17.4.